The van der Waals surface area contributed by atoms with Crippen LogP contribution in [0.1, 0.15) is 31.6 Å². The van der Waals surface area contributed by atoms with Gasteiger partial charge in [0.25, 0.3) is 5.91 Å². The Morgan fingerprint density at radius 2 is 2.53 bits per heavy atom. The topological polar surface area (TPSA) is 51.2 Å². The van der Waals surface area contributed by atoms with E-state index in [2.05, 4.69) is 17.2 Å². The third-order valence-electron chi connectivity index (χ3n) is 2.93. The first-order chi connectivity index (χ1) is 8.20. The van der Waals surface area contributed by atoms with Crippen LogP contribution in [0.4, 0.5) is 5.13 Å². The van der Waals surface area contributed by atoms with Crippen molar-refractivity contribution >= 4 is 22.4 Å². The van der Waals surface area contributed by atoms with E-state index in [0.717, 1.165) is 19.3 Å². The van der Waals surface area contributed by atoms with Crippen LogP contribution in [-0.2, 0) is 16.0 Å². The number of amides is 1. The van der Waals surface area contributed by atoms with Crippen LogP contribution in [0.25, 0.3) is 0 Å². The molecule has 0 radical (unpaired) electrons. The van der Waals surface area contributed by atoms with Gasteiger partial charge in [-0.05, 0) is 18.8 Å². The summed E-state index contributed by atoms with van der Waals surface area (Å²) in [4.78, 5) is 17.3. The van der Waals surface area contributed by atoms with Crippen LogP contribution in [-0.4, -0.2) is 23.6 Å². The maximum atomic E-state index is 11.9. The molecule has 1 aromatic rings. The average Bonchev–Trinajstić information content (AvgIpc) is 2.88. The highest BCUT2D eigenvalue weighted by Gasteiger charge is 2.31. The molecule has 1 N–H and O–H groups in total. The molecule has 0 saturated carbocycles. The number of aromatic nitrogens is 1. The Hall–Kier alpha value is -0.940. The number of ether oxygens (including phenoxy) is 1. The molecule has 0 bridgehead atoms. The first-order valence-corrected chi connectivity index (χ1v) is 6.89. The van der Waals surface area contributed by atoms with Crippen molar-refractivity contribution in [3.05, 3.63) is 11.1 Å². The van der Waals surface area contributed by atoms with Crippen LogP contribution in [0, 0.1) is 5.92 Å². The van der Waals surface area contributed by atoms with E-state index in [0.29, 0.717) is 17.7 Å². The highest BCUT2D eigenvalue weighted by molar-refractivity contribution is 7.15. The summed E-state index contributed by atoms with van der Waals surface area (Å²) in [5.41, 5.74) is 0. The molecule has 2 rings (SSSR count). The number of nitrogens with one attached hydrogen (secondary N) is 1. The third kappa shape index (κ3) is 3.04. The Morgan fingerprint density at radius 3 is 3.18 bits per heavy atom. The lowest BCUT2D eigenvalue weighted by Gasteiger charge is -2.12. The number of anilines is 1. The SMILES string of the molecule is CCCc1cnc(NC(=O)[C@@H]2OCC[C@@H]2C)s1. The van der Waals surface area contributed by atoms with Gasteiger partial charge in [-0.15, -0.1) is 11.3 Å². The minimum Gasteiger partial charge on any atom is -0.368 e. The van der Waals surface area contributed by atoms with E-state index in [4.69, 9.17) is 4.74 Å². The second-order valence-electron chi connectivity index (χ2n) is 4.43. The number of rotatable bonds is 4. The molecule has 1 amide bonds. The molecular weight excluding hydrogens is 236 g/mol. The molecular formula is C12H18N2O2S. The number of carbonyl (C=O) groups excluding carboxylic acids is 1. The molecule has 17 heavy (non-hydrogen) atoms. The van der Waals surface area contributed by atoms with E-state index in [1.54, 1.807) is 11.3 Å². The van der Waals surface area contributed by atoms with Gasteiger partial charge in [0.05, 0.1) is 0 Å². The number of hydrogen-bond acceptors (Lipinski definition) is 4. The van der Waals surface area contributed by atoms with Gasteiger partial charge in [-0.25, -0.2) is 4.98 Å². The maximum Gasteiger partial charge on any atom is 0.255 e. The number of hydrogen-bond donors (Lipinski definition) is 1. The lowest BCUT2D eigenvalue weighted by Crippen LogP contribution is -2.31. The Labute approximate surface area is 105 Å². The third-order valence-corrected chi connectivity index (χ3v) is 3.90. The van der Waals surface area contributed by atoms with Gasteiger partial charge in [0, 0.05) is 17.7 Å². The van der Waals surface area contributed by atoms with Gasteiger partial charge in [-0.1, -0.05) is 20.3 Å². The molecule has 5 heteroatoms. The first-order valence-electron chi connectivity index (χ1n) is 6.08. The molecule has 0 spiro atoms. The molecule has 1 aromatic heterocycles. The van der Waals surface area contributed by atoms with Gasteiger partial charge in [-0.3, -0.25) is 10.1 Å². The molecule has 1 fully saturated rings. The lowest BCUT2D eigenvalue weighted by atomic mass is 10.0. The maximum absolute atomic E-state index is 11.9. The summed E-state index contributed by atoms with van der Waals surface area (Å²) in [5.74, 6) is 0.234. The number of thiazole rings is 1. The summed E-state index contributed by atoms with van der Waals surface area (Å²) in [5, 5.41) is 3.52. The molecule has 0 aromatic carbocycles. The zero-order valence-electron chi connectivity index (χ0n) is 10.2. The minimum absolute atomic E-state index is 0.0626. The van der Waals surface area contributed by atoms with Gasteiger partial charge >= 0.3 is 0 Å². The Kier molecular flexibility index (Phi) is 4.12. The van der Waals surface area contributed by atoms with Crippen molar-refractivity contribution < 1.29 is 9.53 Å². The van der Waals surface area contributed by atoms with Gasteiger partial charge in [-0.2, -0.15) is 0 Å². The summed E-state index contributed by atoms with van der Waals surface area (Å²) in [6.45, 7) is 4.85. The van der Waals surface area contributed by atoms with Crippen LogP contribution < -0.4 is 5.32 Å². The normalized spacial score (nSPS) is 23.9. The van der Waals surface area contributed by atoms with Crippen molar-refractivity contribution in [2.24, 2.45) is 5.92 Å². The van der Waals surface area contributed by atoms with Crippen LogP contribution in [0.2, 0.25) is 0 Å². The summed E-state index contributed by atoms with van der Waals surface area (Å²) in [6, 6.07) is 0. The van der Waals surface area contributed by atoms with Crippen molar-refractivity contribution in [2.75, 3.05) is 11.9 Å². The second-order valence-corrected chi connectivity index (χ2v) is 5.54. The van der Waals surface area contributed by atoms with Gasteiger partial charge in [0.2, 0.25) is 0 Å². The highest BCUT2D eigenvalue weighted by Crippen LogP contribution is 2.24. The Morgan fingerprint density at radius 1 is 1.71 bits per heavy atom. The molecule has 1 saturated heterocycles. The van der Waals surface area contributed by atoms with E-state index in [1.165, 1.54) is 4.88 Å². The number of nitrogens with zero attached hydrogens (tertiary/aromatic N) is 1. The fraction of sp³-hybridized carbons (Fsp3) is 0.667. The largest absolute Gasteiger partial charge is 0.368 e. The van der Waals surface area contributed by atoms with Crippen molar-refractivity contribution in [3.63, 3.8) is 0 Å². The van der Waals surface area contributed by atoms with Gasteiger partial charge in [0.1, 0.15) is 6.10 Å². The summed E-state index contributed by atoms with van der Waals surface area (Å²) >= 11 is 1.55. The molecule has 2 heterocycles. The summed E-state index contributed by atoms with van der Waals surface area (Å²) in [6.07, 6.45) is 4.59. The monoisotopic (exact) mass is 254 g/mol. The fourth-order valence-electron chi connectivity index (χ4n) is 1.93. The fourth-order valence-corrected chi connectivity index (χ4v) is 2.85. The standard InChI is InChI=1S/C12H18N2O2S/c1-3-4-9-7-13-12(17-9)14-11(15)10-8(2)5-6-16-10/h7-8,10H,3-6H2,1-2H3,(H,13,14,15)/t8-,10+/m0/s1. The first kappa shape index (κ1) is 12.5. The Balaban J connectivity index is 1.93. The number of aryl methyl sites for hydroxylation is 1. The van der Waals surface area contributed by atoms with E-state index in [9.17, 15) is 4.79 Å². The van der Waals surface area contributed by atoms with E-state index >= 15 is 0 Å². The van der Waals surface area contributed by atoms with Crippen LogP contribution in [0.5, 0.6) is 0 Å². The van der Waals surface area contributed by atoms with Gasteiger partial charge < -0.3 is 4.74 Å². The summed E-state index contributed by atoms with van der Waals surface area (Å²) < 4.78 is 5.42. The molecule has 94 valence electrons. The van der Waals surface area contributed by atoms with E-state index in [-0.39, 0.29) is 12.0 Å². The number of carbonyl (C=O) groups is 1. The predicted octanol–water partition coefficient (Wildman–Crippen LogP) is 2.46. The quantitative estimate of drug-likeness (QED) is 0.898. The molecule has 1 aliphatic heterocycles. The van der Waals surface area contributed by atoms with Crippen LogP contribution in [0.3, 0.4) is 0 Å². The Bertz CT molecular complexity index is 392. The zero-order chi connectivity index (χ0) is 12.3. The summed E-state index contributed by atoms with van der Waals surface area (Å²) in [7, 11) is 0. The molecule has 2 atom stereocenters. The van der Waals surface area contributed by atoms with Gasteiger partial charge in [0.15, 0.2) is 5.13 Å². The highest BCUT2D eigenvalue weighted by atomic mass is 32.1. The van der Waals surface area contributed by atoms with E-state index in [1.807, 2.05) is 13.1 Å². The predicted molar refractivity (Wildman–Crippen MR) is 68.3 cm³/mol. The zero-order valence-corrected chi connectivity index (χ0v) is 11.0. The average molecular weight is 254 g/mol. The van der Waals surface area contributed by atoms with Crippen molar-refractivity contribution in [3.8, 4) is 0 Å². The van der Waals surface area contributed by atoms with Crippen LogP contribution >= 0.6 is 11.3 Å². The second kappa shape index (κ2) is 5.60. The van der Waals surface area contributed by atoms with Crippen molar-refractivity contribution in [1.82, 2.24) is 4.98 Å². The minimum atomic E-state index is -0.312. The molecule has 1 aliphatic rings. The molecule has 0 unspecified atom stereocenters. The smallest absolute Gasteiger partial charge is 0.255 e. The van der Waals surface area contributed by atoms with E-state index < -0.39 is 0 Å². The molecule has 4 nitrogen and oxygen atoms in total. The van der Waals surface area contributed by atoms with Crippen molar-refractivity contribution in [2.45, 2.75) is 39.2 Å². The van der Waals surface area contributed by atoms with Crippen molar-refractivity contribution in [1.29, 1.82) is 0 Å². The lowest BCUT2D eigenvalue weighted by molar-refractivity contribution is -0.126. The molecule has 0 aliphatic carbocycles. The van der Waals surface area contributed by atoms with Crippen LogP contribution in [0.15, 0.2) is 6.20 Å².